The van der Waals surface area contributed by atoms with Crippen molar-refractivity contribution in [3.05, 3.63) is 209 Å². The van der Waals surface area contributed by atoms with E-state index in [1.807, 2.05) is 56.3 Å². The van der Waals surface area contributed by atoms with E-state index >= 15 is 13.2 Å². The zero-order chi connectivity index (χ0) is 70.9. The van der Waals surface area contributed by atoms with E-state index in [0.29, 0.717) is 34.4 Å². The van der Waals surface area contributed by atoms with Gasteiger partial charge in [-0.15, -0.1) is 0 Å². The van der Waals surface area contributed by atoms with Crippen LogP contribution in [-0.4, -0.2) is 44.0 Å². The molecule has 0 saturated carbocycles. The first-order valence-electron chi connectivity index (χ1n) is 34.7. The van der Waals surface area contributed by atoms with E-state index in [1.165, 1.54) is 46.5 Å². The summed E-state index contributed by atoms with van der Waals surface area (Å²) in [7, 11) is 0. The molecule has 2 atom stereocenters. The molecule has 0 fully saturated rings. The van der Waals surface area contributed by atoms with E-state index in [9.17, 15) is 10.2 Å². The number of allylic oxidation sites excluding steroid dienone is 2. The normalized spacial score (nSPS) is 17.1. The lowest BCUT2D eigenvalue weighted by atomic mass is 9.65. The largest absolute Gasteiger partial charge is 0.507 e. The number of rotatable bonds is 14. The number of para-hydroxylation sites is 1. The number of benzene rings is 8. The van der Waals surface area contributed by atoms with Gasteiger partial charge < -0.3 is 28.8 Å². The zero-order valence-corrected chi connectivity index (χ0v) is 61.7. The van der Waals surface area contributed by atoms with Gasteiger partial charge in [0.25, 0.3) is 0 Å². The zero-order valence-electron chi connectivity index (χ0n) is 61.7. The van der Waals surface area contributed by atoms with Gasteiger partial charge in [-0.2, -0.15) is 0 Å². The third kappa shape index (κ3) is 13.7. The number of hydrogen-bond donors (Lipinski definition) is 2. The van der Waals surface area contributed by atoms with Gasteiger partial charge in [0, 0.05) is 61.0 Å². The Bertz CT molecular complexity index is 4630. The van der Waals surface area contributed by atoms with Gasteiger partial charge in [-0.05, 0) is 193 Å². The Morgan fingerprint density at radius 1 is 0.454 bits per heavy atom. The van der Waals surface area contributed by atoms with Crippen molar-refractivity contribution in [2.45, 2.75) is 204 Å². The SMILES string of the molecule is CC(C)(C)CC(C)(C)c1cc(-c2cc(F)cc(F)c2OCCOC2(O)C=CC(F)(C(C)(C)CC(C)(C)C)C=C2c2cccc(-n3c4ccc(C(C)(C)C)cc4c4cc(C(C)(C)C)ccc43)c2)c(-c2ccccc2O)c(-n2c3ccc(C(C)(C)C)cc3c3cc(C(C)(C)C)ccc32)c1. The van der Waals surface area contributed by atoms with Crippen molar-refractivity contribution < 1.29 is 32.9 Å². The van der Waals surface area contributed by atoms with Crippen LogP contribution < -0.4 is 4.74 Å². The number of aromatic nitrogens is 2. The van der Waals surface area contributed by atoms with Crippen molar-refractivity contribution in [1.82, 2.24) is 9.13 Å². The highest BCUT2D eigenvalue weighted by Crippen LogP contribution is 2.53. The molecule has 6 nitrogen and oxygen atoms in total. The predicted molar refractivity (Wildman–Crippen MR) is 401 cm³/mol. The molecule has 97 heavy (non-hydrogen) atoms. The quantitative estimate of drug-likeness (QED) is 0.0647. The molecule has 2 aromatic heterocycles. The van der Waals surface area contributed by atoms with Gasteiger partial charge in [-0.1, -0.05) is 207 Å². The molecule has 510 valence electrons. The second kappa shape index (κ2) is 24.3. The Morgan fingerprint density at radius 2 is 0.938 bits per heavy atom. The van der Waals surface area contributed by atoms with E-state index in [4.69, 9.17) is 9.47 Å². The number of halogens is 3. The van der Waals surface area contributed by atoms with Crippen LogP contribution in [0.1, 0.15) is 199 Å². The van der Waals surface area contributed by atoms with E-state index in [1.54, 1.807) is 12.1 Å². The van der Waals surface area contributed by atoms with Gasteiger partial charge in [0.1, 0.15) is 18.2 Å². The molecule has 8 aromatic carbocycles. The molecule has 2 unspecified atom stereocenters. The third-order valence-corrected chi connectivity index (χ3v) is 19.9. The Kier molecular flexibility index (Phi) is 17.6. The molecule has 0 saturated heterocycles. The van der Waals surface area contributed by atoms with Crippen molar-refractivity contribution in [2.24, 2.45) is 16.2 Å². The predicted octanol–water partition coefficient (Wildman–Crippen LogP) is 24.0. The molecule has 11 rings (SSSR count). The summed E-state index contributed by atoms with van der Waals surface area (Å²) in [6, 6.07) is 47.9. The number of phenolic OH excluding ortho intramolecular Hbond substituents is 1. The van der Waals surface area contributed by atoms with Crippen molar-refractivity contribution >= 4 is 49.2 Å². The second-order valence-electron chi connectivity index (χ2n) is 35.6. The minimum absolute atomic E-state index is 0.0213. The molecule has 0 spiro atoms. The summed E-state index contributed by atoms with van der Waals surface area (Å²) < 4.78 is 70.2. The standard InChI is InChI=1S/C88H103F3N2O4/c1-79(2,3)52-85(19,20)59-47-67(77(62-28-23-24-29-76(62)94)75(48-59)93-73-36-32-57(83(13,14)15)45-65(73)66-46-58(84(16,17)18)33-37-74(66)93)68-49-60(89)50-70(90)78(68)96-40-41-97-88(95)39-38-87(91,86(21,22)53-80(4,5)6)51-69(88)54-26-25-27-61(42-54)92-71-34-30-55(81(7,8)9)43-63(71)64-44-56(82(10,11)12)31-35-72(64)92/h23-39,42-51,94-95H,40-41,52-53H2,1-22H3. The molecule has 1 aliphatic carbocycles. The highest BCUT2D eigenvalue weighted by Gasteiger charge is 2.50. The molecule has 2 heterocycles. The van der Waals surface area contributed by atoms with Gasteiger partial charge in [0.2, 0.25) is 5.79 Å². The van der Waals surface area contributed by atoms with Gasteiger partial charge in [0.15, 0.2) is 17.2 Å². The Hall–Kier alpha value is -7.85. The van der Waals surface area contributed by atoms with Crippen LogP contribution in [0.2, 0.25) is 0 Å². The summed E-state index contributed by atoms with van der Waals surface area (Å²) in [5.41, 5.74) is 8.89. The van der Waals surface area contributed by atoms with Crippen LogP contribution in [0.5, 0.6) is 11.5 Å². The lowest BCUT2D eigenvalue weighted by molar-refractivity contribution is -0.129. The molecule has 2 N–H and O–H groups in total. The van der Waals surface area contributed by atoms with Gasteiger partial charge in [0.05, 0.1) is 34.4 Å². The minimum Gasteiger partial charge on any atom is -0.507 e. The smallest absolute Gasteiger partial charge is 0.213 e. The van der Waals surface area contributed by atoms with Crippen LogP contribution in [-0.2, 0) is 31.8 Å². The van der Waals surface area contributed by atoms with Gasteiger partial charge in [-0.25, -0.2) is 13.2 Å². The van der Waals surface area contributed by atoms with E-state index in [2.05, 4.69) is 226 Å². The number of phenols is 1. The average molecular weight is 1310 g/mol. The van der Waals surface area contributed by atoms with Crippen molar-refractivity contribution in [3.63, 3.8) is 0 Å². The lowest BCUT2D eigenvalue weighted by Gasteiger charge is -2.44. The van der Waals surface area contributed by atoms with Crippen LogP contribution >= 0.6 is 0 Å². The molecular formula is C88H103F3N2O4. The Labute approximate surface area is 575 Å². The molecule has 0 bridgehead atoms. The molecule has 0 radical (unpaired) electrons. The molecule has 1 aliphatic rings. The van der Waals surface area contributed by atoms with E-state index < -0.39 is 33.9 Å². The van der Waals surface area contributed by atoms with Crippen LogP contribution in [0.4, 0.5) is 13.2 Å². The first-order valence-corrected chi connectivity index (χ1v) is 34.7. The summed E-state index contributed by atoms with van der Waals surface area (Å²) >= 11 is 0. The molecule has 0 aliphatic heterocycles. The topological polar surface area (TPSA) is 68.8 Å². The van der Waals surface area contributed by atoms with Gasteiger partial charge in [-0.3, -0.25) is 0 Å². The van der Waals surface area contributed by atoms with Crippen LogP contribution in [0, 0.1) is 27.9 Å². The number of nitrogens with zero attached hydrogens (tertiary/aromatic N) is 2. The van der Waals surface area contributed by atoms with Crippen LogP contribution in [0.15, 0.2) is 164 Å². The molecular weight excluding hydrogens is 1210 g/mol. The maximum Gasteiger partial charge on any atom is 0.213 e. The van der Waals surface area contributed by atoms with Crippen molar-refractivity contribution in [2.75, 3.05) is 13.2 Å². The van der Waals surface area contributed by atoms with Crippen LogP contribution in [0.3, 0.4) is 0 Å². The lowest BCUT2D eigenvalue weighted by Crippen LogP contribution is -2.45. The highest BCUT2D eigenvalue weighted by molar-refractivity contribution is 6.12. The monoisotopic (exact) mass is 1310 g/mol. The molecule has 0 amide bonds. The van der Waals surface area contributed by atoms with Crippen molar-refractivity contribution in [3.8, 4) is 45.1 Å². The first kappa shape index (κ1) is 70.5. The fourth-order valence-electron chi connectivity index (χ4n) is 15.3. The fourth-order valence-corrected chi connectivity index (χ4v) is 15.3. The first-order chi connectivity index (χ1) is 44.8. The Balaban J connectivity index is 1.06. The summed E-state index contributed by atoms with van der Waals surface area (Å²) in [6.45, 7) is 47.2. The molecule has 9 heteroatoms. The highest BCUT2D eigenvalue weighted by atomic mass is 19.1. The van der Waals surface area contributed by atoms with Crippen LogP contribution in [0.25, 0.3) is 82.8 Å². The summed E-state index contributed by atoms with van der Waals surface area (Å²) in [6.07, 6.45) is 5.59. The Morgan fingerprint density at radius 3 is 1.41 bits per heavy atom. The van der Waals surface area contributed by atoms with Gasteiger partial charge >= 0.3 is 0 Å². The van der Waals surface area contributed by atoms with E-state index in [-0.39, 0.29) is 68.3 Å². The second-order valence-corrected chi connectivity index (χ2v) is 35.6. The molecule has 10 aromatic rings. The van der Waals surface area contributed by atoms with Crippen molar-refractivity contribution in [1.29, 1.82) is 0 Å². The third-order valence-electron chi connectivity index (χ3n) is 19.9. The average Bonchev–Trinajstić information content (AvgIpc) is 1.73. The fraction of sp³-hybridized carbons (Fsp3) is 0.409. The number of aromatic hydroxyl groups is 1. The summed E-state index contributed by atoms with van der Waals surface area (Å²) in [5.74, 6) is -4.26. The number of aliphatic hydroxyl groups is 1. The minimum atomic E-state index is -2.22. The number of fused-ring (bicyclic) bond motifs is 6. The summed E-state index contributed by atoms with van der Waals surface area (Å²) in [5, 5.41) is 29.8. The van der Waals surface area contributed by atoms with E-state index in [0.717, 1.165) is 67.3 Å². The maximum atomic E-state index is 18.4. The number of alkyl halides is 1. The number of hydrogen-bond acceptors (Lipinski definition) is 4. The summed E-state index contributed by atoms with van der Waals surface area (Å²) in [4.78, 5) is 0. The number of ether oxygens (including phenoxy) is 2. The maximum absolute atomic E-state index is 18.4.